The maximum atomic E-state index is 13.7. The van der Waals surface area contributed by atoms with Crippen molar-refractivity contribution in [2.75, 3.05) is 30.0 Å². The first-order valence-corrected chi connectivity index (χ1v) is 11.3. The van der Waals surface area contributed by atoms with Gasteiger partial charge in [-0.1, -0.05) is 11.6 Å². The Morgan fingerprint density at radius 1 is 1.15 bits per heavy atom. The van der Waals surface area contributed by atoms with Gasteiger partial charge in [0.1, 0.15) is 30.4 Å². The van der Waals surface area contributed by atoms with E-state index in [4.69, 9.17) is 16.3 Å². The highest BCUT2D eigenvalue weighted by atomic mass is 35.5. The Morgan fingerprint density at radius 3 is 2.64 bits per heavy atom. The van der Waals surface area contributed by atoms with Crippen LogP contribution < -0.4 is 15.0 Å². The molecular weight excluding hydrogens is 452 g/mol. The van der Waals surface area contributed by atoms with Gasteiger partial charge >= 0.3 is 6.01 Å². The van der Waals surface area contributed by atoms with Gasteiger partial charge in [-0.3, -0.25) is 0 Å². The lowest BCUT2D eigenvalue weighted by Gasteiger charge is -2.38. The number of anilines is 2. The number of hydrogen-bond donors (Lipinski definition) is 1. The molecule has 1 aliphatic heterocycles. The fourth-order valence-electron chi connectivity index (χ4n) is 4.79. The van der Waals surface area contributed by atoms with Crippen molar-refractivity contribution in [1.29, 1.82) is 0 Å². The fourth-order valence-corrected chi connectivity index (χ4v) is 5.00. The molecule has 2 bridgehead atoms. The van der Waals surface area contributed by atoms with Gasteiger partial charge in [-0.25, -0.2) is 23.4 Å². The van der Waals surface area contributed by atoms with E-state index >= 15 is 0 Å². The monoisotopic (exact) mass is 475 g/mol. The molecule has 3 heterocycles. The van der Waals surface area contributed by atoms with E-state index in [0.717, 1.165) is 37.4 Å². The topological polar surface area (TPSA) is 81.0 Å². The number of fused-ring (bicyclic) bond motifs is 2. The summed E-state index contributed by atoms with van der Waals surface area (Å²) in [5.74, 6) is 1.76. The Balaban J connectivity index is 1.32. The molecule has 3 aromatic rings. The van der Waals surface area contributed by atoms with Crippen molar-refractivity contribution < 1.29 is 13.5 Å². The number of aryl methyl sites for hydroxylation is 2. The SMILES string of the molecule is Cc1cc(N2C[C@H]3CC[C@@H](C2)[C@H]3Nc2nc(Oc3cc(F)cc(Cl)c3)n(CCF)n2)ncn1. The van der Waals surface area contributed by atoms with Crippen molar-refractivity contribution in [3.05, 3.63) is 47.1 Å². The number of ether oxygens (including phenoxy) is 1. The number of rotatable bonds is 7. The van der Waals surface area contributed by atoms with Crippen LogP contribution in [0.4, 0.5) is 20.5 Å². The maximum absolute atomic E-state index is 13.7. The van der Waals surface area contributed by atoms with Crippen molar-refractivity contribution in [2.45, 2.75) is 32.4 Å². The van der Waals surface area contributed by atoms with Crippen molar-refractivity contribution in [3.8, 4) is 11.8 Å². The first-order valence-electron chi connectivity index (χ1n) is 10.9. The van der Waals surface area contributed by atoms with Gasteiger partial charge in [0.05, 0.1) is 6.54 Å². The van der Waals surface area contributed by atoms with E-state index in [9.17, 15) is 8.78 Å². The van der Waals surface area contributed by atoms with Crippen LogP contribution in [0.5, 0.6) is 11.8 Å². The predicted molar refractivity (Wildman–Crippen MR) is 120 cm³/mol. The van der Waals surface area contributed by atoms with Gasteiger partial charge in [0, 0.05) is 42.0 Å². The average molecular weight is 476 g/mol. The smallest absolute Gasteiger partial charge is 0.322 e. The van der Waals surface area contributed by atoms with E-state index in [1.165, 1.54) is 22.9 Å². The third-order valence-electron chi connectivity index (χ3n) is 6.22. The van der Waals surface area contributed by atoms with Crippen molar-refractivity contribution in [3.63, 3.8) is 0 Å². The summed E-state index contributed by atoms with van der Waals surface area (Å²) in [5, 5.41) is 8.03. The van der Waals surface area contributed by atoms with Crippen LogP contribution >= 0.6 is 11.6 Å². The molecule has 1 aliphatic carbocycles. The Bertz CT molecular complexity index is 1110. The van der Waals surface area contributed by atoms with E-state index in [2.05, 4.69) is 30.3 Å². The summed E-state index contributed by atoms with van der Waals surface area (Å²) in [6.07, 6.45) is 3.80. The predicted octanol–water partition coefficient (Wildman–Crippen LogP) is 4.26. The molecule has 174 valence electrons. The molecule has 0 radical (unpaired) electrons. The molecule has 0 unspecified atom stereocenters. The third-order valence-corrected chi connectivity index (χ3v) is 6.44. The van der Waals surface area contributed by atoms with Gasteiger partial charge in [0.2, 0.25) is 5.95 Å². The minimum Gasteiger partial charge on any atom is -0.424 e. The van der Waals surface area contributed by atoms with E-state index in [1.54, 1.807) is 6.33 Å². The standard InChI is InChI=1S/C22H24ClF2N7O/c1-13-6-19(27-12-26-13)31-10-14-2-3-15(11-31)20(14)28-21-29-22(32(30-21)5-4-24)33-18-8-16(23)7-17(25)9-18/h6-9,12,14-15,20H,2-5,10-11H2,1H3,(H,28,30)/t14-,15+,20+. The van der Waals surface area contributed by atoms with Gasteiger partial charge in [-0.15, -0.1) is 5.10 Å². The number of nitrogens with zero attached hydrogens (tertiary/aromatic N) is 6. The number of alkyl halides is 1. The molecule has 1 N–H and O–H groups in total. The first kappa shape index (κ1) is 21.8. The van der Waals surface area contributed by atoms with Gasteiger partial charge in [-0.05, 0) is 43.7 Å². The zero-order valence-electron chi connectivity index (χ0n) is 18.1. The van der Waals surface area contributed by atoms with Crippen LogP contribution in [-0.2, 0) is 6.54 Å². The lowest BCUT2D eigenvalue weighted by Crippen LogP contribution is -2.48. The number of nitrogens with one attached hydrogen (secondary N) is 1. The molecule has 2 fully saturated rings. The Morgan fingerprint density at radius 2 is 1.94 bits per heavy atom. The summed E-state index contributed by atoms with van der Waals surface area (Å²) in [7, 11) is 0. The van der Waals surface area contributed by atoms with Crippen LogP contribution in [0.25, 0.3) is 0 Å². The molecule has 5 rings (SSSR count). The first-order chi connectivity index (χ1) is 16.0. The maximum Gasteiger partial charge on any atom is 0.322 e. The summed E-state index contributed by atoms with van der Waals surface area (Å²) < 4.78 is 33.8. The number of benzene rings is 1. The minimum atomic E-state index is -0.634. The molecule has 1 saturated heterocycles. The Hall–Kier alpha value is -3.01. The molecular formula is C22H24ClF2N7O. The number of hydrogen-bond acceptors (Lipinski definition) is 7. The van der Waals surface area contributed by atoms with Crippen LogP contribution in [0.3, 0.4) is 0 Å². The van der Waals surface area contributed by atoms with Crippen LogP contribution in [0.1, 0.15) is 18.5 Å². The lowest BCUT2D eigenvalue weighted by molar-refractivity contribution is 0.362. The van der Waals surface area contributed by atoms with Gasteiger partial charge in [0.25, 0.3) is 0 Å². The summed E-state index contributed by atoms with van der Waals surface area (Å²) in [6, 6.07) is 6.13. The number of piperidine rings is 1. The van der Waals surface area contributed by atoms with Gasteiger partial charge in [0.15, 0.2) is 0 Å². The van der Waals surface area contributed by atoms with Gasteiger partial charge in [-0.2, -0.15) is 4.98 Å². The summed E-state index contributed by atoms with van der Waals surface area (Å²) in [6.45, 7) is 3.06. The Labute approximate surface area is 195 Å². The lowest BCUT2D eigenvalue weighted by atomic mass is 9.92. The molecule has 3 atom stereocenters. The molecule has 1 aromatic carbocycles. The highest BCUT2D eigenvalue weighted by Gasteiger charge is 2.43. The van der Waals surface area contributed by atoms with Crippen LogP contribution in [0, 0.1) is 24.6 Å². The molecule has 0 spiro atoms. The van der Waals surface area contributed by atoms with E-state index in [-0.39, 0.29) is 29.4 Å². The average Bonchev–Trinajstić information content (AvgIpc) is 3.22. The molecule has 8 nitrogen and oxygen atoms in total. The van der Waals surface area contributed by atoms with Crippen molar-refractivity contribution >= 4 is 23.4 Å². The fraction of sp³-hybridized carbons (Fsp3) is 0.455. The molecule has 2 aliphatic rings. The van der Waals surface area contributed by atoms with Crippen LogP contribution in [-0.4, -0.2) is 50.5 Å². The van der Waals surface area contributed by atoms with Crippen LogP contribution in [0.15, 0.2) is 30.6 Å². The quantitative estimate of drug-likeness (QED) is 0.547. The van der Waals surface area contributed by atoms with E-state index < -0.39 is 12.5 Å². The second-order valence-electron chi connectivity index (χ2n) is 8.53. The number of halogens is 3. The number of aromatic nitrogens is 5. The molecule has 33 heavy (non-hydrogen) atoms. The molecule has 0 amide bonds. The largest absolute Gasteiger partial charge is 0.424 e. The molecule has 1 saturated carbocycles. The van der Waals surface area contributed by atoms with Crippen molar-refractivity contribution in [1.82, 2.24) is 24.7 Å². The second kappa shape index (κ2) is 9.09. The minimum absolute atomic E-state index is 0.0224. The van der Waals surface area contributed by atoms with Crippen molar-refractivity contribution in [2.24, 2.45) is 11.8 Å². The normalized spacial score (nSPS) is 21.9. The second-order valence-corrected chi connectivity index (χ2v) is 8.96. The molecule has 11 heteroatoms. The van der Waals surface area contributed by atoms with E-state index in [1.807, 2.05) is 13.0 Å². The summed E-state index contributed by atoms with van der Waals surface area (Å²) in [5.41, 5.74) is 0.947. The van der Waals surface area contributed by atoms with E-state index in [0.29, 0.717) is 17.8 Å². The zero-order valence-corrected chi connectivity index (χ0v) is 18.8. The summed E-state index contributed by atoms with van der Waals surface area (Å²) in [4.78, 5) is 15.4. The third kappa shape index (κ3) is 4.71. The van der Waals surface area contributed by atoms with Gasteiger partial charge < -0.3 is 15.0 Å². The highest BCUT2D eigenvalue weighted by molar-refractivity contribution is 6.30. The summed E-state index contributed by atoms with van der Waals surface area (Å²) >= 11 is 5.91. The van der Waals surface area contributed by atoms with Crippen LogP contribution in [0.2, 0.25) is 5.02 Å². The Kier molecular flexibility index (Phi) is 6.01. The highest BCUT2D eigenvalue weighted by Crippen LogP contribution is 2.40. The zero-order chi connectivity index (χ0) is 22.9. The molecule has 2 aromatic heterocycles.